The molecule has 0 radical (unpaired) electrons. The van der Waals surface area contributed by atoms with Gasteiger partial charge in [0.1, 0.15) is 0 Å². The molecule has 0 saturated heterocycles. The summed E-state index contributed by atoms with van der Waals surface area (Å²) in [5.41, 5.74) is 2.44. The Balaban J connectivity index is 1.84. The molecule has 0 atom stereocenters. The van der Waals surface area contributed by atoms with Crippen LogP contribution in [0.2, 0.25) is 0 Å². The standard InChI is InChI=1S/C20H38N6/c1-16(2)19-17(15-26(6)23-19)14-25(5)20(21-3)22-12-13-24(4)18-10-8-7-9-11-18/h15-16,18H,7-14H2,1-6H3,(H,21,22). The first-order chi connectivity index (χ1) is 12.4. The van der Waals surface area contributed by atoms with Gasteiger partial charge in [0.25, 0.3) is 0 Å². The number of aromatic nitrogens is 2. The van der Waals surface area contributed by atoms with Crippen LogP contribution in [0, 0.1) is 0 Å². The SMILES string of the molecule is CN=C(NCCN(C)C1CCCCC1)N(C)Cc1cn(C)nc1C(C)C. The number of hydrogen-bond donors (Lipinski definition) is 1. The van der Waals surface area contributed by atoms with Crippen molar-refractivity contribution in [1.82, 2.24) is 24.9 Å². The quantitative estimate of drug-likeness (QED) is 0.598. The van der Waals surface area contributed by atoms with Gasteiger partial charge in [-0.3, -0.25) is 9.67 Å². The monoisotopic (exact) mass is 362 g/mol. The van der Waals surface area contributed by atoms with Gasteiger partial charge in [-0.05, 0) is 25.8 Å². The second kappa shape index (κ2) is 9.95. The number of nitrogens with zero attached hydrogens (tertiary/aromatic N) is 5. The summed E-state index contributed by atoms with van der Waals surface area (Å²) in [4.78, 5) is 9.16. The van der Waals surface area contributed by atoms with Gasteiger partial charge in [-0.1, -0.05) is 33.1 Å². The van der Waals surface area contributed by atoms with Crippen molar-refractivity contribution in [3.63, 3.8) is 0 Å². The molecule has 1 aromatic heterocycles. The average molecular weight is 363 g/mol. The largest absolute Gasteiger partial charge is 0.355 e. The molecule has 0 unspecified atom stereocenters. The molecule has 148 valence electrons. The second-order valence-corrected chi connectivity index (χ2v) is 7.97. The van der Waals surface area contributed by atoms with Crippen molar-refractivity contribution in [3.8, 4) is 0 Å². The minimum atomic E-state index is 0.429. The predicted molar refractivity (Wildman–Crippen MR) is 110 cm³/mol. The van der Waals surface area contributed by atoms with E-state index in [4.69, 9.17) is 0 Å². The van der Waals surface area contributed by atoms with Crippen LogP contribution < -0.4 is 5.32 Å². The maximum atomic E-state index is 4.61. The van der Waals surface area contributed by atoms with E-state index in [0.717, 1.165) is 31.6 Å². The molecule has 1 aliphatic rings. The second-order valence-electron chi connectivity index (χ2n) is 7.97. The summed E-state index contributed by atoms with van der Waals surface area (Å²) in [7, 11) is 8.20. The van der Waals surface area contributed by atoms with Crippen molar-refractivity contribution in [2.45, 2.75) is 64.5 Å². The molecule has 0 aromatic carbocycles. The van der Waals surface area contributed by atoms with Gasteiger partial charge in [0, 0.05) is 58.6 Å². The first-order valence-corrected chi connectivity index (χ1v) is 10.1. The van der Waals surface area contributed by atoms with E-state index in [9.17, 15) is 0 Å². The molecule has 2 rings (SSSR count). The number of aryl methyl sites for hydroxylation is 1. The maximum Gasteiger partial charge on any atom is 0.193 e. The molecule has 26 heavy (non-hydrogen) atoms. The van der Waals surface area contributed by atoms with Crippen molar-refractivity contribution in [2.75, 3.05) is 34.2 Å². The molecule has 0 spiro atoms. The number of guanidine groups is 1. The molecule has 1 N–H and O–H groups in total. The van der Waals surface area contributed by atoms with Crippen molar-refractivity contribution >= 4 is 5.96 Å². The Labute approximate surface area is 159 Å². The highest BCUT2D eigenvalue weighted by Gasteiger charge is 2.18. The number of likely N-dealkylation sites (N-methyl/N-ethyl adjacent to an activating group) is 1. The molecule has 1 aromatic rings. The van der Waals surface area contributed by atoms with Gasteiger partial charge in [0.2, 0.25) is 0 Å². The number of nitrogens with one attached hydrogen (secondary N) is 1. The van der Waals surface area contributed by atoms with Crippen LogP contribution in [0.1, 0.15) is 63.1 Å². The fourth-order valence-corrected chi connectivity index (χ4v) is 3.93. The van der Waals surface area contributed by atoms with E-state index in [1.54, 1.807) is 0 Å². The van der Waals surface area contributed by atoms with E-state index in [1.165, 1.54) is 43.4 Å². The van der Waals surface area contributed by atoms with Crippen LogP contribution >= 0.6 is 0 Å². The summed E-state index contributed by atoms with van der Waals surface area (Å²) in [6, 6.07) is 0.759. The molecule has 1 heterocycles. The van der Waals surface area contributed by atoms with Crippen LogP contribution in [0.3, 0.4) is 0 Å². The lowest BCUT2D eigenvalue weighted by Crippen LogP contribution is -2.43. The van der Waals surface area contributed by atoms with E-state index in [0.29, 0.717) is 5.92 Å². The van der Waals surface area contributed by atoms with Crippen molar-refractivity contribution in [3.05, 3.63) is 17.5 Å². The fourth-order valence-electron chi connectivity index (χ4n) is 3.93. The van der Waals surface area contributed by atoms with E-state index in [1.807, 2.05) is 18.8 Å². The number of hydrogen-bond acceptors (Lipinski definition) is 3. The summed E-state index contributed by atoms with van der Waals surface area (Å²) in [5, 5.41) is 8.13. The number of aliphatic imine (C=N–C) groups is 1. The molecule has 0 aliphatic heterocycles. The van der Waals surface area contributed by atoms with Gasteiger partial charge >= 0.3 is 0 Å². The molecular weight excluding hydrogens is 324 g/mol. The molecular formula is C20H38N6. The van der Waals surface area contributed by atoms with Gasteiger partial charge in [-0.2, -0.15) is 5.10 Å². The highest BCUT2D eigenvalue weighted by atomic mass is 15.3. The third-order valence-electron chi connectivity index (χ3n) is 5.41. The zero-order chi connectivity index (χ0) is 19.1. The average Bonchev–Trinajstić information content (AvgIpc) is 2.99. The molecule has 0 bridgehead atoms. The zero-order valence-corrected chi connectivity index (χ0v) is 17.6. The first kappa shape index (κ1) is 20.7. The maximum absolute atomic E-state index is 4.61. The Hall–Kier alpha value is -1.56. The third-order valence-corrected chi connectivity index (χ3v) is 5.41. The predicted octanol–water partition coefficient (Wildman–Crippen LogP) is 2.82. The summed E-state index contributed by atoms with van der Waals surface area (Å²) >= 11 is 0. The Morgan fingerprint density at radius 1 is 1.31 bits per heavy atom. The van der Waals surface area contributed by atoms with Gasteiger partial charge in [-0.15, -0.1) is 0 Å². The van der Waals surface area contributed by atoms with Gasteiger partial charge < -0.3 is 15.1 Å². The Morgan fingerprint density at radius 2 is 2.00 bits per heavy atom. The number of rotatable bonds is 7. The zero-order valence-electron chi connectivity index (χ0n) is 17.6. The Morgan fingerprint density at radius 3 is 2.62 bits per heavy atom. The molecule has 1 aliphatic carbocycles. The van der Waals surface area contributed by atoms with Gasteiger partial charge in [0.05, 0.1) is 5.69 Å². The normalized spacial score (nSPS) is 16.5. The van der Waals surface area contributed by atoms with Crippen LogP contribution in [0.4, 0.5) is 0 Å². The summed E-state index contributed by atoms with van der Waals surface area (Å²) in [6.45, 7) is 7.19. The van der Waals surface area contributed by atoms with E-state index in [-0.39, 0.29) is 0 Å². The van der Waals surface area contributed by atoms with E-state index >= 15 is 0 Å². The van der Waals surface area contributed by atoms with Crippen LogP contribution in [-0.4, -0.2) is 65.8 Å². The smallest absolute Gasteiger partial charge is 0.193 e. The van der Waals surface area contributed by atoms with Crippen molar-refractivity contribution in [2.24, 2.45) is 12.0 Å². The van der Waals surface area contributed by atoms with Crippen molar-refractivity contribution < 1.29 is 0 Å². The van der Waals surface area contributed by atoms with E-state index in [2.05, 4.69) is 59.3 Å². The summed E-state index contributed by atoms with van der Waals surface area (Å²) in [6.07, 6.45) is 9.00. The first-order valence-electron chi connectivity index (χ1n) is 10.1. The minimum Gasteiger partial charge on any atom is -0.355 e. The molecule has 1 fully saturated rings. The Bertz CT molecular complexity index is 571. The third kappa shape index (κ3) is 5.73. The molecule has 6 heteroatoms. The summed E-state index contributed by atoms with van der Waals surface area (Å²) < 4.78 is 1.91. The molecule has 1 saturated carbocycles. The highest BCUT2D eigenvalue weighted by Crippen LogP contribution is 2.21. The van der Waals surface area contributed by atoms with Crippen molar-refractivity contribution in [1.29, 1.82) is 0 Å². The van der Waals surface area contributed by atoms with Gasteiger partial charge in [-0.25, -0.2) is 0 Å². The van der Waals surface area contributed by atoms with Crippen LogP contribution in [0.5, 0.6) is 0 Å². The molecule has 6 nitrogen and oxygen atoms in total. The summed E-state index contributed by atoms with van der Waals surface area (Å²) in [5.74, 6) is 1.37. The lowest BCUT2D eigenvalue weighted by molar-refractivity contribution is 0.194. The van der Waals surface area contributed by atoms with Crippen LogP contribution in [-0.2, 0) is 13.6 Å². The lowest BCUT2D eigenvalue weighted by atomic mass is 9.94. The Kier molecular flexibility index (Phi) is 7.94. The topological polar surface area (TPSA) is 48.7 Å². The minimum absolute atomic E-state index is 0.429. The molecule has 0 amide bonds. The van der Waals surface area contributed by atoms with Gasteiger partial charge in [0.15, 0.2) is 5.96 Å². The van der Waals surface area contributed by atoms with Crippen LogP contribution in [0.15, 0.2) is 11.2 Å². The highest BCUT2D eigenvalue weighted by molar-refractivity contribution is 5.79. The fraction of sp³-hybridized carbons (Fsp3) is 0.800. The lowest BCUT2D eigenvalue weighted by Gasteiger charge is -2.31. The van der Waals surface area contributed by atoms with E-state index < -0.39 is 0 Å². The van der Waals surface area contributed by atoms with Crippen LogP contribution in [0.25, 0.3) is 0 Å².